The van der Waals surface area contributed by atoms with Gasteiger partial charge in [-0.05, 0) is 29.7 Å². The monoisotopic (exact) mass is 211 g/mol. The van der Waals surface area contributed by atoms with Crippen molar-refractivity contribution >= 4 is 0 Å². The van der Waals surface area contributed by atoms with Crippen molar-refractivity contribution in [3.8, 4) is 0 Å². The van der Waals surface area contributed by atoms with Gasteiger partial charge in [0.25, 0.3) is 0 Å². The van der Waals surface area contributed by atoms with Crippen molar-refractivity contribution in [3.05, 3.63) is 5.82 Å². The summed E-state index contributed by atoms with van der Waals surface area (Å²) in [5.41, 5.74) is 5.75. The maximum Gasteiger partial charge on any atom is 0.167 e. The standard InChI is InChI=1S/C10H21N5/c1-8(2)6-4-5-7-15-10(9(3)11)12-13-14-15/h8-9H,4-7,11H2,1-3H3. The Morgan fingerprint density at radius 2 is 2.00 bits per heavy atom. The molecule has 1 rings (SSSR count). The molecular formula is C10H21N5. The number of unbranched alkanes of at least 4 members (excludes halogenated alkanes) is 1. The Morgan fingerprint density at radius 3 is 2.60 bits per heavy atom. The zero-order valence-electron chi connectivity index (χ0n) is 9.85. The van der Waals surface area contributed by atoms with E-state index in [1.165, 1.54) is 12.8 Å². The van der Waals surface area contributed by atoms with Crippen molar-refractivity contribution in [2.24, 2.45) is 11.7 Å². The fraction of sp³-hybridized carbons (Fsp3) is 0.900. The summed E-state index contributed by atoms with van der Waals surface area (Å²) in [4.78, 5) is 0. The Bertz CT molecular complexity index is 279. The van der Waals surface area contributed by atoms with Crippen LogP contribution in [-0.2, 0) is 6.54 Å². The van der Waals surface area contributed by atoms with Crippen LogP contribution in [0.1, 0.15) is 51.9 Å². The number of nitrogens with two attached hydrogens (primary N) is 1. The summed E-state index contributed by atoms with van der Waals surface area (Å²) in [6.45, 7) is 7.25. The number of aromatic nitrogens is 4. The van der Waals surface area contributed by atoms with Crippen LogP contribution in [-0.4, -0.2) is 20.2 Å². The van der Waals surface area contributed by atoms with E-state index in [1.54, 1.807) is 0 Å². The van der Waals surface area contributed by atoms with Crippen LogP contribution in [0, 0.1) is 5.92 Å². The highest BCUT2D eigenvalue weighted by Gasteiger charge is 2.09. The third kappa shape index (κ3) is 3.95. The molecule has 1 aromatic rings. The first-order chi connectivity index (χ1) is 7.11. The predicted molar refractivity (Wildman–Crippen MR) is 59.1 cm³/mol. The van der Waals surface area contributed by atoms with E-state index in [1.807, 2.05) is 11.6 Å². The highest BCUT2D eigenvalue weighted by molar-refractivity contribution is 4.87. The largest absolute Gasteiger partial charge is 0.322 e. The lowest BCUT2D eigenvalue weighted by Gasteiger charge is -2.07. The molecule has 0 fully saturated rings. The fourth-order valence-electron chi connectivity index (χ4n) is 1.51. The fourth-order valence-corrected chi connectivity index (χ4v) is 1.51. The van der Waals surface area contributed by atoms with Gasteiger partial charge in [0.05, 0.1) is 6.04 Å². The summed E-state index contributed by atoms with van der Waals surface area (Å²) in [5.74, 6) is 1.55. The van der Waals surface area contributed by atoms with Crippen molar-refractivity contribution in [1.29, 1.82) is 0 Å². The predicted octanol–water partition coefficient (Wildman–Crippen LogP) is 1.52. The number of tetrazole rings is 1. The first-order valence-electron chi connectivity index (χ1n) is 5.63. The second-order valence-corrected chi connectivity index (χ2v) is 4.44. The first kappa shape index (κ1) is 12.1. The van der Waals surface area contributed by atoms with Gasteiger partial charge in [0.15, 0.2) is 5.82 Å². The molecule has 5 nitrogen and oxygen atoms in total. The number of rotatable bonds is 6. The van der Waals surface area contributed by atoms with Gasteiger partial charge < -0.3 is 5.73 Å². The van der Waals surface area contributed by atoms with E-state index in [2.05, 4.69) is 29.4 Å². The second kappa shape index (κ2) is 5.80. The Morgan fingerprint density at radius 1 is 1.27 bits per heavy atom. The van der Waals surface area contributed by atoms with Crippen molar-refractivity contribution in [2.75, 3.05) is 0 Å². The second-order valence-electron chi connectivity index (χ2n) is 4.44. The van der Waals surface area contributed by atoms with Crippen LogP contribution in [0.2, 0.25) is 0 Å². The molecule has 0 spiro atoms. The van der Waals surface area contributed by atoms with Crippen LogP contribution in [0.25, 0.3) is 0 Å². The summed E-state index contributed by atoms with van der Waals surface area (Å²) in [5, 5.41) is 11.5. The molecule has 86 valence electrons. The quantitative estimate of drug-likeness (QED) is 0.724. The number of hydrogen-bond acceptors (Lipinski definition) is 4. The van der Waals surface area contributed by atoms with Crippen LogP contribution in [0.4, 0.5) is 0 Å². The SMILES string of the molecule is CC(C)CCCCn1nnnc1C(C)N. The van der Waals surface area contributed by atoms with E-state index in [-0.39, 0.29) is 6.04 Å². The van der Waals surface area contributed by atoms with E-state index >= 15 is 0 Å². The molecule has 0 amide bonds. The molecule has 0 saturated carbocycles. The number of aryl methyl sites for hydroxylation is 1. The molecule has 0 aliphatic rings. The minimum absolute atomic E-state index is 0.0925. The Kier molecular flexibility index (Phi) is 4.68. The minimum atomic E-state index is -0.0925. The summed E-state index contributed by atoms with van der Waals surface area (Å²) in [6, 6.07) is -0.0925. The van der Waals surface area contributed by atoms with Gasteiger partial charge in [-0.3, -0.25) is 0 Å². The van der Waals surface area contributed by atoms with E-state index in [4.69, 9.17) is 5.73 Å². The van der Waals surface area contributed by atoms with Crippen LogP contribution >= 0.6 is 0 Å². The smallest absolute Gasteiger partial charge is 0.167 e. The van der Waals surface area contributed by atoms with Gasteiger partial charge in [0, 0.05) is 6.54 Å². The molecule has 0 aliphatic heterocycles. The van der Waals surface area contributed by atoms with Gasteiger partial charge in [-0.2, -0.15) is 0 Å². The average Bonchev–Trinajstić information content (AvgIpc) is 2.60. The molecule has 0 radical (unpaired) electrons. The third-order valence-electron chi connectivity index (χ3n) is 2.37. The number of hydrogen-bond donors (Lipinski definition) is 1. The van der Waals surface area contributed by atoms with Gasteiger partial charge in [-0.25, -0.2) is 4.68 Å². The van der Waals surface area contributed by atoms with E-state index in [0.29, 0.717) is 0 Å². The summed E-state index contributed by atoms with van der Waals surface area (Å²) >= 11 is 0. The molecule has 1 aromatic heterocycles. The maximum atomic E-state index is 5.75. The Labute approximate surface area is 91.0 Å². The Hall–Kier alpha value is -0.970. The van der Waals surface area contributed by atoms with Crippen molar-refractivity contribution in [3.63, 3.8) is 0 Å². The maximum absolute atomic E-state index is 5.75. The van der Waals surface area contributed by atoms with Crippen molar-refractivity contribution < 1.29 is 0 Å². The molecule has 0 bridgehead atoms. The topological polar surface area (TPSA) is 69.6 Å². The average molecular weight is 211 g/mol. The molecule has 1 unspecified atom stereocenters. The van der Waals surface area contributed by atoms with Gasteiger partial charge in [-0.1, -0.05) is 26.7 Å². The van der Waals surface area contributed by atoms with Crippen LogP contribution in [0.3, 0.4) is 0 Å². The molecule has 1 heterocycles. The van der Waals surface area contributed by atoms with Crippen LogP contribution in [0.15, 0.2) is 0 Å². The molecule has 1 atom stereocenters. The lowest BCUT2D eigenvalue weighted by atomic mass is 10.1. The highest BCUT2D eigenvalue weighted by Crippen LogP contribution is 2.09. The molecule has 0 saturated heterocycles. The molecule has 0 aliphatic carbocycles. The summed E-state index contributed by atoms with van der Waals surface area (Å²) < 4.78 is 1.81. The van der Waals surface area contributed by atoms with Crippen molar-refractivity contribution in [1.82, 2.24) is 20.2 Å². The lowest BCUT2D eigenvalue weighted by molar-refractivity contribution is 0.470. The molecule has 5 heteroatoms. The van der Waals surface area contributed by atoms with Crippen LogP contribution in [0.5, 0.6) is 0 Å². The lowest BCUT2D eigenvalue weighted by Crippen LogP contribution is -2.14. The van der Waals surface area contributed by atoms with Gasteiger partial charge in [-0.15, -0.1) is 5.10 Å². The molecule has 0 aromatic carbocycles. The zero-order valence-corrected chi connectivity index (χ0v) is 9.85. The summed E-state index contributed by atoms with van der Waals surface area (Å²) in [6.07, 6.45) is 3.59. The summed E-state index contributed by atoms with van der Waals surface area (Å²) in [7, 11) is 0. The normalized spacial score (nSPS) is 13.4. The van der Waals surface area contributed by atoms with Gasteiger partial charge in [0.2, 0.25) is 0 Å². The van der Waals surface area contributed by atoms with Gasteiger partial charge in [0.1, 0.15) is 0 Å². The Balaban J connectivity index is 2.34. The van der Waals surface area contributed by atoms with E-state index in [0.717, 1.165) is 24.7 Å². The number of nitrogens with zero attached hydrogens (tertiary/aromatic N) is 4. The molecular weight excluding hydrogens is 190 g/mol. The van der Waals surface area contributed by atoms with Gasteiger partial charge >= 0.3 is 0 Å². The van der Waals surface area contributed by atoms with E-state index < -0.39 is 0 Å². The first-order valence-corrected chi connectivity index (χ1v) is 5.63. The zero-order chi connectivity index (χ0) is 11.3. The minimum Gasteiger partial charge on any atom is -0.322 e. The van der Waals surface area contributed by atoms with Crippen LogP contribution < -0.4 is 5.73 Å². The third-order valence-corrected chi connectivity index (χ3v) is 2.37. The van der Waals surface area contributed by atoms with E-state index in [9.17, 15) is 0 Å². The van der Waals surface area contributed by atoms with Crippen molar-refractivity contribution in [2.45, 2.75) is 52.6 Å². The molecule has 15 heavy (non-hydrogen) atoms. The highest BCUT2D eigenvalue weighted by atomic mass is 15.5. The molecule has 2 N–H and O–H groups in total.